The molecule has 0 saturated heterocycles. The standard InChI is InChI=1S/C48H37N/c1-47(2)39-25-15-14-24-37(39)45-35-22-12-10-20-33(35)43(29-41(45)47)49(31-17-6-5-7-18-31)42-28-38-44-32-19-9-8-16-30(32)26-27-40(44)48(3,4)46(38)36-23-13-11-21-34(36)42/h5-29H,1-4H3. The highest BCUT2D eigenvalue weighted by molar-refractivity contribution is 6.15. The molecule has 0 amide bonds. The third-order valence-electron chi connectivity index (χ3n) is 11.6. The van der Waals surface area contributed by atoms with Gasteiger partial charge in [0.05, 0.1) is 11.4 Å². The molecule has 0 N–H and O–H groups in total. The van der Waals surface area contributed by atoms with Crippen LogP contribution in [0.15, 0.2) is 152 Å². The van der Waals surface area contributed by atoms with Crippen LogP contribution in [0.1, 0.15) is 49.9 Å². The molecule has 2 aliphatic rings. The zero-order valence-corrected chi connectivity index (χ0v) is 28.4. The second kappa shape index (κ2) is 9.94. The predicted octanol–water partition coefficient (Wildman–Crippen LogP) is 13.2. The molecule has 0 bridgehead atoms. The van der Waals surface area contributed by atoms with Gasteiger partial charge in [0, 0.05) is 27.3 Å². The number of anilines is 3. The third kappa shape index (κ3) is 3.76. The van der Waals surface area contributed by atoms with Crippen LogP contribution in [0.2, 0.25) is 0 Å². The van der Waals surface area contributed by atoms with Crippen LogP contribution in [-0.4, -0.2) is 0 Å². The van der Waals surface area contributed by atoms with E-state index in [0.717, 1.165) is 5.69 Å². The van der Waals surface area contributed by atoms with Gasteiger partial charge in [-0.15, -0.1) is 0 Å². The Kier molecular flexibility index (Phi) is 5.75. The number of benzene rings is 8. The second-order valence-electron chi connectivity index (χ2n) is 14.9. The predicted molar refractivity (Wildman–Crippen MR) is 209 cm³/mol. The normalized spacial score (nSPS) is 14.9. The van der Waals surface area contributed by atoms with Crippen molar-refractivity contribution in [2.45, 2.75) is 38.5 Å². The summed E-state index contributed by atoms with van der Waals surface area (Å²) in [5.74, 6) is 0. The Morgan fingerprint density at radius 2 is 0.959 bits per heavy atom. The third-order valence-corrected chi connectivity index (χ3v) is 11.6. The van der Waals surface area contributed by atoms with Crippen LogP contribution in [0, 0.1) is 0 Å². The molecule has 0 aliphatic heterocycles. The number of nitrogens with zero attached hydrogens (tertiary/aromatic N) is 1. The number of fused-ring (bicyclic) bond motifs is 12. The first-order valence-electron chi connectivity index (χ1n) is 17.5. The van der Waals surface area contributed by atoms with Crippen LogP contribution in [-0.2, 0) is 10.8 Å². The summed E-state index contributed by atoms with van der Waals surface area (Å²) >= 11 is 0. The average molecular weight is 628 g/mol. The Bertz CT molecular complexity index is 2660. The molecule has 1 nitrogen and oxygen atoms in total. The Morgan fingerprint density at radius 3 is 1.73 bits per heavy atom. The van der Waals surface area contributed by atoms with Crippen molar-refractivity contribution in [3.63, 3.8) is 0 Å². The lowest BCUT2D eigenvalue weighted by Crippen LogP contribution is -2.18. The zero-order valence-electron chi connectivity index (χ0n) is 28.4. The van der Waals surface area contributed by atoms with Crippen molar-refractivity contribution < 1.29 is 0 Å². The quantitative estimate of drug-likeness (QED) is 0.188. The number of hydrogen-bond acceptors (Lipinski definition) is 1. The molecule has 0 fully saturated rings. The summed E-state index contributed by atoms with van der Waals surface area (Å²) < 4.78 is 0. The molecule has 0 atom stereocenters. The van der Waals surface area contributed by atoms with Crippen molar-refractivity contribution in [2.75, 3.05) is 4.90 Å². The first kappa shape index (κ1) is 28.4. The lowest BCUT2D eigenvalue weighted by molar-refractivity contribution is 0.661. The minimum absolute atomic E-state index is 0.130. The van der Waals surface area contributed by atoms with Gasteiger partial charge in [-0.1, -0.05) is 155 Å². The molecular weight excluding hydrogens is 591 g/mol. The topological polar surface area (TPSA) is 3.24 Å². The fourth-order valence-corrected chi connectivity index (χ4v) is 9.33. The van der Waals surface area contributed by atoms with Crippen LogP contribution in [0.4, 0.5) is 17.1 Å². The Balaban J connectivity index is 1.35. The maximum atomic E-state index is 2.54. The Hall–Kier alpha value is -5.66. The van der Waals surface area contributed by atoms with Gasteiger partial charge < -0.3 is 4.90 Å². The molecule has 234 valence electrons. The monoisotopic (exact) mass is 627 g/mol. The maximum Gasteiger partial charge on any atom is 0.0546 e. The van der Waals surface area contributed by atoms with Crippen molar-refractivity contribution in [3.8, 4) is 22.3 Å². The van der Waals surface area contributed by atoms with E-state index in [2.05, 4.69) is 184 Å². The van der Waals surface area contributed by atoms with Gasteiger partial charge in [0.1, 0.15) is 0 Å². The summed E-state index contributed by atoms with van der Waals surface area (Å²) in [4.78, 5) is 2.54. The van der Waals surface area contributed by atoms with E-state index >= 15 is 0 Å². The van der Waals surface area contributed by atoms with Crippen LogP contribution in [0.3, 0.4) is 0 Å². The lowest BCUT2D eigenvalue weighted by Gasteiger charge is -2.32. The molecular formula is C48H37N. The van der Waals surface area contributed by atoms with E-state index in [9.17, 15) is 0 Å². The SMILES string of the molecule is CC1(C)c2ccccc2-c2c1cc(N(c1ccccc1)c1cc3c(c4ccccc14)C(C)(C)c1ccc4ccccc4c1-3)c1ccccc21. The molecule has 0 spiro atoms. The molecule has 8 aromatic rings. The molecule has 8 aromatic carbocycles. The Morgan fingerprint density at radius 1 is 0.388 bits per heavy atom. The molecule has 1 heteroatoms. The van der Waals surface area contributed by atoms with E-state index in [0.29, 0.717) is 0 Å². The summed E-state index contributed by atoms with van der Waals surface area (Å²) in [6, 6.07) is 56.6. The van der Waals surface area contributed by atoms with E-state index < -0.39 is 0 Å². The van der Waals surface area contributed by atoms with E-state index in [4.69, 9.17) is 0 Å². The number of para-hydroxylation sites is 1. The van der Waals surface area contributed by atoms with Crippen molar-refractivity contribution in [1.82, 2.24) is 0 Å². The van der Waals surface area contributed by atoms with Crippen LogP contribution in [0.25, 0.3) is 54.6 Å². The minimum atomic E-state index is -0.138. The van der Waals surface area contributed by atoms with Gasteiger partial charge in [-0.3, -0.25) is 0 Å². The van der Waals surface area contributed by atoms with Gasteiger partial charge in [-0.25, -0.2) is 0 Å². The van der Waals surface area contributed by atoms with Crippen LogP contribution >= 0.6 is 0 Å². The van der Waals surface area contributed by atoms with Gasteiger partial charge >= 0.3 is 0 Å². The molecule has 49 heavy (non-hydrogen) atoms. The highest BCUT2D eigenvalue weighted by Gasteiger charge is 2.40. The largest absolute Gasteiger partial charge is 0.309 e. The minimum Gasteiger partial charge on any atom is -0.309 e. The van der Waals surface area contributed by atoms with Gasteiger partial charge in [0.25, 0.3) is 0 Å². The Labute approximate surface area is 288 Å². The summed E-state index contributed by atoms with van der Waals surface area (Å²) in [6.45, 7) is 9.58. The molecule has 0 radical (unpaired) electrons. The second-order valence-corrected chi connectivity index (χ2v) is 14.9. The maximum absolute atomic E-state index is 2.54. The first-order valence-corrected chi connectivity index (χ1v) is 17.5. The summed E-state index contributed by atoms with van der Waals surface area (Å²) in [5.41, 5.74) is 14.3. The zero-order chi connectivity index (χ0) is 33.1. The summed E-state index contributed by atoms with van der Waals surface area (Å²) in [6.07, 6.45) is 0. The number of rotatable bonds is 3. The molecule has 0 saturated carbocycles. The highest BCUT2D eigenvalue weighted by Crippen LogP contribution is 2.58. The van der Waals surface area contributed by atoms with Crippen LogP contribution in [0.5, 0.6) is 0 Å². The van der Waals surface area contributed by atoms with Crippen LogP contribution < -0.4 is 4.90 Å². The van der Waals surface area contributed by atoms with E-state index in [1.54, 1.807) is 0 Å². The molecule has 0 heterocycles. The van der Waals surface area contributed by atoms with Crippen molar-refractivity contribution >= 4 is 49.4 Å². The van der Waals surface area contributed by atoms with Crippen molar-refractivity contribution in [1.29, 1.82) is 0 Å². The number of hydrogen-bond donors (Lipinski definition) is 0. The molecule has 10 rings (SSSR count). The first-order chi connectivity index (χ1) is 23.9. The van der Waals surface area contributed by atoms with E-state index in [1.165, 1.54) is 88.2 Å². The molecule has 0 unspecified atom stereocenters. The fraction of sp³-hybridized carbons (Fsp3) is 0.125. The highest BCUT2D eigenvalue weighted by atomic mass is 15.1. The fourth-order valence-electron chi connectivity index (χ4n) is 9.33. The molecule has 0 aromatic heterocycles. The summed E-state index contributed by atoms with van der Waals surface area (Å²) in [7, 11) is 0. The van der Waals surface area contributed by atoms with E-state index in [1.807, 2.05) is 0 Å². The van der Waals surface area contributed by atoms with Gasteiger partial charge in [0.2, 0.25) is 0 Å². The summed E-state index contributed by atoms with van der Waals surface area (Å²) in [5, 5.41) is 7.75. The smallest absolute Gasteiger partial charge is 0.0546 e. The van der Waals surface area contributed by atoms with Gasteiger partial charge in [-0.05, 0) is 90.3 Å². The lowest BCUT2D eigenvalue weighted by atomic mass is 9.79. The van der Waals surface area contributed by atoms with Crippen molar-refractivity contribution in [3.05, 3.63) is 174 Å². The average Bonchev–Trinajstić information content (AvgIpc) is 3.52. The van der Waals surface area contributed by atoms with Gasteiger partial charge in [0.15, 0.2) is 0 Å². The van der Waals surface area contributed by atoms with Gasteiger partial charge in [-0.2, -0.15) is 0 Å². The molecule has 2 aliphatic carbocycles. The van der Waals surface area contributed by atoms with E-state index in [-0.39, 0.29) is 10.8 Å². The van der Waals surface area contributed by atoms with Crippen molar-refractivity contribution in [2.24, 2.45) is 0 Å².